The summed E-state index contributed by atoms with van der Waals surface area (Å²) in [6.45, 7) is 3.05. The van der Waals surface area contributed by atoms with Crippen LogP contribution in [0.1, 0.15) is 5.69 Å². The lowest BCUT2D eigenvalue weighted by Crippen LogP contribution is -2.24. The van der Waals surface area contributed by atoms with E-state index < -0.39 is 0 Å². The molecular formula is C17H18ClN5O2. The van der Waals surface area contributed by atoms with Crippen LogP contribution in [0.2, 0.25) is 5.15 Å². The van der Waals surface area contributed by atoms with Crippen LogP contribution in [0.5, 0.6) is 11.5 Å². The van der Waals surface area contributed by atoms with Crippen LogP contribution in [-0.2, 0) is 0 Å². The highest BCUT2D eigenvalue weighted by Gasteiger charge is 2.11. The molecule has 0 spiro atoms. The molecule has 25 heavy (non-hydrogen) atoms. The van der Waals surface area contributed by atoms with Crippen molar-refractivity contribution in [1.29, 1.82) is 0 Å². The maximum absolute atomic E-state index is 6.10. The first-order chi connectivity index (χ1) is 12.1. The number of hydrogen-bond donors (Lipinski definition) is 0. The Morgan fingerprint density at radius 2 is 1.84 bits per heavy atom. The van der Waals surface area contributed by atoms with E-state index in [1.165, 1.54) is 6.33 Å². The van der Waals surface area contributed by atoms with Gasteiger partial charge in [-0.1, -0.05) is 11.6 Å². The molecule has 130 valence electrons. The van der Waals surface area contributed by atoms with Crippen LogP contribution < -0.4 is 14.4 Å². The molecule has 0 aliphatic rings. The molecule has 3 rings (SSSR count). The predicted molar refractivity (Wildman–Crippen MR) is 96.6 cm³/mol. The van der Waals surface area contributed by atoms with Crippen LogP contribution in [0.3, 0.4) is 0 Å². The van der Waals surface area contributed by atoms with Gasteiger partial charge in [0.2, 0.25) is 0 Å². The number of ether oxygens (including phenoxy) is 2. The third kappa shape index (κ3) is 3.88. The number of aryl methyl sites for hydroxylation is 1. The molecule has 0 amide bonds. The second-order valence-electron chi connectivity index (χ2n) is 5.47. The van der Waals surface area contributed by atoms with Gasteiger partial charge in [0, 0.05) is 30.3 Å². The molecule has 0 bridgehead atoms. The number of aromatic nitrogens is 4. The second-order valence-corrected chi connectivity index (χ2v) is 5.83. The van der Waals surface area contributed by atoms with Crippen LogP contribution in [0.4, 0.5) is 5.82 Å². The van der Waals surface area contributed by atoms with Crippen LogP contribution in [0.25, 0.3) is 10.9 Å². The minimum absolute atomic E-state index is 0.383. The molecule has 0 fully saturated rings. The minimum Gasteiger partial charge on any atom is -0.493 e. The summed E-state index contributed by atoms with van der Waals surface area (Å²) in [6.07, 6.45) is 2.98. The van der Waals surface area contributed by atoms with E-state index >= 15 is 0 Å². The molecular weight excluding hydrogens is 342 g/mol. The Morgan fingerprint density at radius 1 is 1.04 bits per heavy atom. The van der Waals surface area contributed by atoms with E-state index in [1.807, 2.05) is 24.9 Å². The van der Waals surface area contributed by atoms with Crippen molar-refractivity contribution in [1.82, 2.24) is 19.9 Å². The maximum atomic E-state index is 6.10. The van der Waals surface area contributed by atoms with E-state index in [0.29, 0.717) is 35.3 Å². The number of halogens is 1. The van der Waals surface area contributed by atoms with Gasteiger partial charge >= 0.3 is 0 Å². The van der Waals surface area contributed by atoms with Crippen LogP contribution >= 0.6 is 11.6 Å². The van der Waals surface area contributed by atoms with Gasteiger partial charge in [-0.3, -0.25) is 0 Å². The smallest absolute Gasteiger partial charge is 0.163 e. The highest BCUT2D eigenvalue weighted by atomic mass is 35.5. The van der Waals surface area contributed by atoms with E-state index in [9.17, 15) is 0 Å². The Morgan fingerprint density at radius 3 is 2.60 bits per heavy atom. The van der Waals surface area contributed by atoms with E-state index in [-0.39, 0.29) is 0 Å². The number of hydrogen-bond acceptors (Lipinski definition) is 7. The standard InChI is InChI=1S/C17H18ClN5O2/c1-11-6-16(21-9-19-11)23(2)4-5-25-15-8-13-12(7-14(15)24-3)17(18)22-10-20-13/h6-10H,4-5H2,1-3H3. The molecule has 0 saturated heterocycles. The number of methoxy groups -OCH3 is 1. The van der Waals surface area contributed by atoms with Gasteiger partial charge in [-0.2, -0.15) is 0 Å². The van der Waals surface area contributed by atoms with Gasteiger partial charge < -0.3 is 14.4 Å². The molecule has 0 N–H and O–H groups in total. The highest BCUT2D eigenvalue weighted by Crippen LogP contribution is 2.33. The zero-order valence-corrected chi connectivity index (χ0v) is 15.0. The summed E-state index contributed by atoms with van der Waals surface area (Å²) in [5, 5.41) is 1.11. The van der Waals surface area contributed by atoms with E-state index in [1.54, 1.807) is 25.6 Å². The van der Waals surface area contributed by atoms with Crippen molar-refractivity contribution in [2.75, 3.05) is 32.2 Å². The SMILES string of the molecule is COc1cc2c(Cl)ncnc2cc1OCCN(C)c1cc(C)ncn1. The monoisotopic (exact) mass is 359 g/mol. The quantitative estimate of drug-likeness (QED) is 0.626. The summed E-state index contributed by atoms with van der Waals surface area (Å²) in [5.74, 6) is 2.04. The first-order valence-electron chi connectivity index (χ1n) is 7.69. The fourth-order valence-electron chi connectivity index (χ4n) is 2.36. The summed E-state index contributed by atoms with van der Waals surface area (Å²) in [4.78, 5) is 18.6. The summed E-state index contributed by atoms with van der Waals surface area (Å²) in [6, 6.07) is 5.51. The van der Waals surface area contributed by atoms with E-state index in [2.05, 4.69) is 19.9 Å². The maximum Gasteiger partial charge on any atom is 0.163 e. The molecule has 7 nitrogen and oxygen atoms in total. The van der Waals surface area contributed by atoms with Crippen molar-refractivity contribution >= 4 is 28.3 Å². The predicted octanol–water partition coefficient (Wildman–Crippen LogP) is 2.91. The number of nitrogens with zero attached hydrogens (tertiary/aromatic N) is 5. The molecule has 0 atom stereocenters. The average Bonchev–Trinajstić information content (AvgIpc) is 2.61. The fraction of sp³-hybridized carbons (Fsp3) is 0.294. The molecule has 0 unspecified atom stereocenters. The van der Waals surface area contributed by atoms with Crippen molar-refractivity contribution in [3.63, 3.8) is 0 Å². The van der Waals surface area contributed by atoms with Gasteiger partial charge in [-0.15, -0.1) is 0 Å². The lowest BCUT2D eigenvalue weighted by Gasteiger charge is -2.19. The van der Waals surface area contributed by atoms with Crippen LogP contribution in [-0.4, -0.2) is 47.2 Å². The fourth-order valence-corrected chi connectivity index (χ4v) is 2.56. The summed E-state index contributed by atoms with van der Waals surface area (Å²) >= 11 is 6.10. The Hall–Kier alpha value is -2.67. The average molecular weight is 360 g/mol. The first kappa shape index (κ1) is 17.2. The van der Waals surface area contributed by atoms with Gasteiger partial charge in [-0.05, 0) is 13.0 Å². The molecule has 8 heteroatoms. The Bertz CT molecular complexity index is 890. The lowest BCUT2D eigenvalue weighted by atomic mass is 10.2. The van der Waals surface area contributed by atoms with Crippen molar-refractivity contribution < 1.29 is 9.47 Å². The minimum atomic E-state index is 0.383. The Balaban J connectivity index is 1.72. The van der Waals surface area contributed by atoms with Crippen molar-refractivity contribution in [3.05, 3.63) is 41.7 Å². The van der Waals surface area contributed by atoms with Gasteiger partial charge in [0.1, 0.15) is 30.2 Å². The second kappa shape index (κ2) is 7.48. The van der Waals surface area contributed by atoms with Gasteiger partial charge in [0.15, 0.2) is 11.5 Å². The summed E-state index contributed by atoms with van der Waals surface area (Å²) in [7, 11) is 3.54. The van der Waals surface area contributed by atoms with Gasteiger partial charge in [0.25, 0.3) is 0 Å². The number of rotatable bonds is 6. The van der Waals surface area contributed by atoms with Gasteiger partial charge in [-0.25, -0.2) is 19.9 Å². The summed E-state index contributed by atoms with van der Waals surface area (Å²) in [5.41, 5.74) is 1.63. The molecule has 3 aromatic rings. The normalized spacial score (nSPS) is 10.7. The summed E-state index contributed by atoms with van der Waals surface area (Å²) < 4.78 is 11.3. The number of anilines is 1. The number of benzene rings is 1. The molecule has 0 saturated carbocycles. The number of fused-ring (bicyclic) bond motifs is 1. The topological polar surface area (TPSA) is 73.3 Å². The number of likely N-dealkylation sites (N-methyl/N-ethyl adjacent to an activating group) is 1. The van der Waals surface area contributed by atoms with Crippen LogP contribution in [0.15, 0.2) is 30.9 Å². The van der Waals surface area contributed by atoms with Crippen LogP contribution in [0, 0.1) is 6.92 Å². The van der Waals surface area contributed by atoms with Crippen molar-refractivity contribution in [2.45, 2.75) is 6.92 Å². The Labute approximate surface area is 150 Å². The molecule has 1 aromatic carbocycles. The largest absolute Gasteiger partial charge is 0.493 e. The Kier molecular flexibility index (Phi) is 5.14. The lowest BCUT2D eigenvalue weighted by molar-refractivity contribution is 0.301. The van der Waals surface area contributed by atoms with E-state index in [4.69, 9.17) is 21.1 Å². The zero-order chi connectivity index (χ0) is 17.8. The molecule has 0 aliphatic heterocycles. The van der Waals surface area contributed by atoms with E-state index in [0.717, 1.165) is 16.9 Å². The van der Waals surface area contributed by atoms with Crippen molar-refractivity contribution in [2.24, 2.45) is 0 Å². The third-order valence-electron chi connectivity index (χ3n) is 3.74. The zero-order valence-electron chi connectivity index (χ0n) is 14.2. The first-order valence-corrected chi connectivity index (χ1v) is 8.07. The molecule has 2 heterocycles. The molecule has 0 aliphatic carbocycles. The molecule has 0 radical (unpaired) electrons. The highest BCUT2D eigenvalue weighted by molar-refractivity contribution is 6.34. The third-order valence-corrected chi connectivity index (χ3v) is 4.04. The molecule has 2 aromatic heterocycles. The van der Waals surface area contributed by atoms with Gasteiger partial charge in [0.05, 0.1) is 19.2 Å². The van der Waals surface area contributed by atoms with Crippen molar-refractivity contribution in [3.8, 4) is 11.5 Å².